The van der Waals surface area contributed by atoms with Crippen molar-refractivity contribution in [3.8, 4) is 11.3 Å². The van der Waals surface area contributed by atoms with Crippen molar-refractivity contribution in [3.05, 3.63) is 59.9 Å². The second kappa shape index (κ2) is 7.66. The maximum absolute atomic E-state index is 4.26. The van der Waals surface area contributed by atoms with Crippen LogP contribution in [0.5, 0.6) is 0 Å². The Kier molecular flexibility index (Phi) is 4.93. The summed E-state index contributed by atoms with van der Waals surface area (Å²) in [5.74, 6) is 0.973. The van der Waals surface area contributed by atoms with Crippen LogP contribution in [0.25, 0.3) is 11.3 Å². The van der Waals surface area contributed by atoms with Crippen LogP contribution in [0.2, 0.25) is 0 Å². The van der Waals surface area contributed by atoms with E-state index in [1.807, 2.05) is 18.3 Å². The predicted octanol–water partition coefficient (Wildman–Crippen LogP) is 2.93. The highest BCUT2D eigenvalue weighted by molar-refractivity contribution is 5.63. The monoisotopic (exact) mass is 348 g/mol. The summed E-state index contributed by atoms with van der Waals surface area (Å²) in [5.41, 5.74) is 4.72. The number of hydrogen-bond donors (Lipinski definition) is 2. The van der Waals surface area contributed by atoms with Gasteiger partial charge in [0.25, 0.3) is 0 Å². The molecule has 1 fully saturated rings. The molecule has 0 aliphatic carbocycles. The summed E-state index contributed by atoms with van der Waals surface area (Å²) in [6, 6.07) is 12.9. The van der Waals surface area contributed by atoms with Crippen molar-refractivity contribution >= 4 is 5.82 Å². The van der Waals surface area contributed by atoms with Crippen LogP contribution in [-0.2, 0) is 6.54 Å². The highest BCUT2D eigenvalue weighted by atomic mass is 15.3. The first kappa shape index (κ1) is 16.7. The zero-order chi connectivity index (χ0) is 17.8. The quantitative estimate of drug-likeness (QED) is 0.717. The Labute approximate surface area is 153 Å². The minimum atomic E-state index is 0.459. The molecule has 0 amide bonds. The van der Waals surface area contributed by atoms with E-state index in [9.17, 15) is 0 Å². The summed E-state index contributed by atoms with van der Waals surface area (Å²) < 4.78 is 0. The van der Waals surface area contributed by atoms with Gasteiger partial charge in [0, 0.05) is 43.0 Å². The number of rotatable bonds is 6. The van der Waals surface area contributed by atoms with Crippen LogP contribution < -0.4 is 10.2 Å². The van der Waals surface area contributed by atoms with E-state index < -0.39 is 0 Å². The van der Waals surface area contributed by atoms with Gasteiger partial charge in [-0.05, 0) is 38.0 Å². The molecule has 2 aromatic heterocycles. The normalized spacial score (nSPS) is 17.0. The van der Waals surface area contributed by atoms with Crippen molar-refractivity contribution < 1.29 is 0 Å². The third-order valence-corrected chi connectivity index (χ3v) is 4.95. The molecule has 0 spiro atoms. The number of aromatic amines is 1. The molecule has 134 valence electrons. The Bertz CT molecular complexity index is 844. The van der Waals surface area contributed by atoms with Crippen LogP contribution >= 0.6 is 0 Å². The second-order valence-electron chi connectivity index (χ2n) is 6.84. The lowest BCUT2D eigenvalue weighted by Gasteiger charge is -2.25. The number of H-pyrrole nitrogens is 1. The zero-order valence-electron chi connectivity index (χ0n) is 15.0. The largest absolute Gasteiger partial charge is 0.351 e. The van der Waals surface area contributed by atoms with Gasteiger partial charge in [0.2, 0.25) is 0 Å². The van der Waals surface area contributed by atoms with Crippen molar-refractivity contribution in [1.82, 2.24) is 25.7 Å². The predicted molar refractivity (Wildman–Crippen MR) is 103 cm³/mol. The summed E-state index contributed by atoms with van der Waals surface area (Å²) in [6.07, 6.45) is 6.02. The molecule has 6 nitrogen and oxygen atoms in total. The molecule has 1 aliphatic rings. The summed E-state index contributed by atoms with van der Waals surface area (Å²) in [7, 11) is 0. The molecule has 3 heterocycles. The van der Waals surface area contributed by atoms with Gasteiger partial charge in [-0.25, -0.2) is 0 Å². The Morgan fingerprint density at radius 3 is 3.08 bits per heavy atom. The lowest BCUT2D eigenvalue weighted by atomic mass is 10.1. The molecule has 1 atom stereocenters. The lowest BCUT2D eigenvalue weighted by Crippen LogP contribution is -2.38. The smallest absolute Gasteiger partial charge is 0.151 e. The number of anilines is 1. The number of benzene rings is 1. The van der Waals surface area contributed by atoms with E-state index >= 15 is 0 Å². The average molecular weight is 348 g/mol. The molecule has 26 heavy (non-hydrogen) atoms. The van der Waals surface area contributed by atoms with Gasteiger partial charge in [0.15, 0.2) is 5.82 Å². The molecule has 0 radical (unpaired) electrons. The summed E-state index contributed by atoms with van der Waals surface area (Å²) in [5, 5.41) is 19.3. The molecule has 2 N–H and O–H groups in total. The Morgan fingerprint density at radius 2 is 2.23 bits per heavy atom. The molecule has 3 aromatic rings. The van der Waals surface area contributed by atoms with E-state index in [1.54, 1.807) is 6.20 Å². The first-order valence-corrected chi connectivity index (χ1v) is 9.15. The summed E-state index contributed by atoms with van der Waals surface area (Å²) in [6.45, 7) is 4.88. The minimum absolute atomic E-state index is 0.459. The maximum atomic E-state index is 4.26. The number of nitrogens with zero attached hydrogens (tertiary/aromatic N) is 4. The summed E-state index contributed by atoms with van der Waals surface area (Å²) >= 11 is 0. The third-order valence-electron chi connectivity index (χ3n) is 4.95. The SMILES string of the molecule is Cc1cccc(-c2[nH]ncc2CNC[C@@H]2CCCN2c2cccnn2)c1. The van der Waals surface area contributed by atoms with E-state index in [-0.39, 0.29) is 0 Å². The third kappa shape index (κ3) is 3.60. The Hall–Kier alpha value is -2.73. The van der Waals surface area contributed by atoms with Gasteiger partial charge < -0.3 is 10.2 Å². The van der Waals surface area contributed by atoms with E-state index in [1.165, 1.54) is 29.5 Å². The summed E-state index contributed by atoms with van der Waals surface area (Å²) in [4.78, 5) is 2.36. The van der Waals surface area contributed by atoms with Crippen LogP contribution in [-0.4, -0.2) is 39.5 Å². The fourth-order valence-electron chi connectivity index (χ4n) is 3.67. The number of hydrogen-bond acceptors (Lipinski definition) is 5. The highest BCUT2D eigenvalue weighted by Crippen LogP contribution is 2.24. The van der Waals surface area contributed by atoms with E-state index in [0.717, 1.165) is 31.1 Å². The molecule has 0 bridgehead atoms. The average Bonchev–Trinajstić information content (AvgIpc) is 3.32. The van der Waals surface area contributed by atoms with Gasteiger partial charge in [-0.3, -0.25) is 5.10 Å². The minimum Gasteiger partial charge on any atom is -0.351 e. The highest BCUT2D eigenvalue weighted by Gasteiger charge is 2.25. The van der Waals surface area contributed by atoms with Crippen molar-refractivity contribution in [1.29, 1.82) is 0 Å². The van der Waals surface area contributed by atoms with Crippen LogP contribution in [0.4, 0.5) is 5.82 Å². The Morgan fingerprint density at radius 1 is 1.27 bits per heavy atom. The topological polar surface area (TPSA) is 69.7 Å². The van der Waals surface area contributed by atoms with Crippen molar-refractivity contribution in [2.75, 3.05) is 18.0 Å². The maximum Gasteiger partial charge on any atom is 0.151 e. The van der Waals surface area contributed by atoms with Crippen molar-refractivity contribution in [2.24, 2.45) is 0 Å². The van der Waals surface area contributed by atoms with Crippen LogP contribution in [0.1, 0.15) is 24.0 Å². The zero-order valence-corrected chi connectivity index (χ0v) is 15.0. The van der Waals surface area contributed by atoms with E-state index in [4.69, 9.17) is 0 Å². The molecule has 0 unspecified atom stereocenters. The number of aromatic nitrogens is 4. The molecule has 0 saturated carbocycles. The molecule has 1 aromatic carbocycles. The second-order valence-corrected chi connectivity index (χ2v) is 6.84. The van der Waals surface area contributed by atoms with Crippen LogP contribution in [0.3, 0.4) is 0 Å². The molecule has 1 saturated heterocycles. The Balaban J connectivity index is 1.39. The fraction of sp³-hybridized carbons (Fsp3) is 0.350. The van der Waals surface area contributed by atoms with E-state index in [0.29, 0.717) is 6.04 Å². The van der Waals surface area contributed by atoms with Crippen molar-refractivity contribution in [3.63, 3.8) is 0 Å². The molecule has 4 rings (SSSR count). The molecular weight excluding hydrogens is 324 g/mol. The van der Waals surface area contributed by atoms with E-state index in [2.05, 4.69) is 61.8 Å². The van der Waals surface area contributed by atoms with Crippen LogP contribution in [0, 0.1) is 6.92 Å². The molecular formula is C20H24N6. The van der Waals surface area contributed by atoms with Crippen LogP contribution in [0.15, 0.2) is 48.8 Å². The van der Waals surface area contributed by atoms with Gasteiger partial charge >= 0.3 is 0 Å². The van der Waals surface area contributed by atoms with Gasteiger partial charge in [-0.15, -0.1) is 5.10 Å². The fourth-order valence-corrected chi connectivity index (χ4v) is 3.67. The number of nitrogens with one attached hydrogen (secondary N) is 2. The standard InChI is InChI=1S/C20H24N6/c1-15-5-2-6-16(11-15)20-17(13-23-25-20)12-21-14-18-7-4-10-26(18)19-8-3-9-22-24-19/h2-3,5-6,8-9,11,13,18,21H,4,7,10,12,14H2,1H3,(H,23,25)/t18-/m0/s1. The molecule has 1 aliphatic heterocycles. The number of aryl methyl sites for hydroxylation is 1. The van der Waals surface area contributed by atoms with Crippen molar-refractivity contribution in [2.45, 2.75) is 32.4 Å². The van der Waals surface area contributed by atoms with Gasteiger partial charge in [0.05, 0.1) is 11.9 Å². The first-order valence-electron chi connectivity index (χ1n) is 9.15. The molecule has 6 heteroatoms. The van der Waals surface area contributed by atoms with Gasteiger partial charge in [-0.2, -0.15) is 10.2 Å². The lowest BCUT2D eigenvalue weighted by molar-refractivity contribution is 0.570. The van der Waals surface area contributed by atoms with Gasteiger partial charge in [0.1, 0.15) is 0 Å². The van der Waals surface area contributed by atoms with Gasteiger partial charge in [-0.1, -0.05) is 23.8 Å². The first-order chi connectivity index (χ1) is 12.8.